The van der Waals surface area contributed by atoms with Gasteiger partial charge in [-0.05, 0) is 55.3 Å². The van der Waals surface area contributed by atoms with E-state index in [9.17, 15) is 22.8 Å². The lowest BCUT2D eigenvalue weighted by Crippen LogP contribution is -2.19. The quantitative estimate of drug-likeness (QED) is 0.258. The molecule has 1 saturated carbocycles. The number of alkyl halides is 2. The van der Waals surface area contributed by atoms with Gasteiger partial charge < -0.3 is 10.6 Å². The van der Waals surface area contributed by atoms with Crippen LogP contribution in [0.15, 0.2) is 65.5 Å². The van der Waals surface area contributed by atoms with Gasteiger partial charge in [-0.25, -0.2) is 13.2 Å². The summed E-state index contributed by atoms with van der Waals surface area (Å²) in [4.78, 5) is 25.7. The molecule has 1 fully saturated rings. The average molecular weight is 578 g/mol. The topological polar surface area (TPSA) is 58.2 Å². The standard InChI is InChI=1S/C25H19Cl4F3N2O2/c1-11(4-6-17(31)13(3)26)20-21(25(20,28)29)24(36)33-15-8-12(2)22(27)16(10-15)23(35)34-19-7-5-14(30)9-18(19)32/h4-10,20-21H,1H2,2-3H3,(H,33,36)(H,34,35)/b6-4-,17-13-. The fourth-order valence-corrected chi connectivity index (χ4v) is 4.63. The zero-order chi connectivity index (χ0) is 26.9. The summed E-state index contributed by atoms with van der Waals surface area (Å²) in [6, 6.07) is 5.50. The number of hydrogen-bond acceptors (Lipinski definition) is 2. The SMILES string of the molecule is C=C(/C=C\C(F)=C(/C)Cl)C1C(C(=O)Nc2cc(C)c(Cl)c(C(=O)Nc3ccc(F)cc3F)c2)C1(Cl)Cl. The molecule has 190 valence electrons. The van der Waals surface area contributed by atoms with Crippen LogP contribution in [0.2, 0.25) is 5.02 Å². The summed E-state index contributed by atoms with van der Waals surface area (Å²) in [5.41, 5.74) is 0.663. The zero-order valence-corrected chi connectivity index (χ0v) is 21.9. The molecule has 36 heavy (non-hydrogen) atoms. The lowest BCUT2D eigenvalue weighted by atomic mass is 10.1. The van der Waals surface area contributed by atoms with Crippen LogP contribution in [0, 0.1) is 30.4 Å². The van der Waals surface area contributed by atoms with Crippen LogP contribution in [0.25, 0.3) is 0 Å². The van der Waals surface area contributed by atoms with E-state index < -0.39 is 45.4 Å². The lowest BCUT2D eigenvalue weighted by molar-refractivity contribution is -0.117. The monoisotopic (exact) mass is 576 g/mol. The van der Waals surface area contributed by atoms with E-state index in [-0.39, 0.29) is 27.0 Å². The molecule has 0 aromatic heterocycles. The van der Waals surface area contributed by atoms with Crippen molar-refractivity contribution in [3.63, 3.8) is 0 Å². The van der Waals surface area contributed by atoms with Gasteiger partial charge in [0.15, 0.2) is 0 Å². The minimum absolute atomic E-state index is 0.0488. The van der Waals surface area contributed by atoms with Crippen molar-refractivity contribution in [3.8, 4) is 0 Å². The fraction of sp³-hybridized carbons (Fsp3) is 0.200. The third-order valence-corrected chi connectivity index (χ3v) is 7.08. The second-order valence-corrected chi connectivity index (χ2v) is 10.5. The Labute approximate surface area is 225 Å². The Balaban J connectivity index is 1.78. The van der Waals surface area contributed by atoms with E-state index in [0.717, 1.165) is 18.2 Å². The Morgan fingerprint density at radius 2 is 1.75 bits per heavy atom. The Bertz CT molecular complexity index is 1320. The molecule has 3 rings (SSSR count). The van der Waals surface area contributed by atoms with E-state index in [1.54, 1.807) is 6.92 Å². The van der Waals surface area contributed by atoms with Crippen LogP contribution in [0.5, 0.6) is 0 Å². The van der Waals surface area contributed by atoms with Gasteiger partial charge in [-0.2, -0.15) is 0 Å². The Hall–Kier alpha value is -2.45. The van der Waals surface area contributed by atoms with Crippen LogP contribution < -0.4 is 10.6 Å². The number of carbonyl (C=O) groups excluding carboxylic acids is 2. The maximum Gasteiger partial charge on any atom is 0.257 e. The lowest BCUT2D eigenvalue weighted by Gasteiger charge is -2.13. The van der Waals surface area contributed by atoms with Crippen LogP contribution in [0.3, 0.4) is 0 Å². The van der Waals surface area contributed by atoms with E-state index in [1.165, 1.54) is 25.1 Å². The molecule has 0 bridgehead atoms. The number of carbonyl (C=O) groups is 2. The van der Waals surface area contributed by atoms with E-state index in [2.05, 4.69) is 17.2 Å². The highest BCUT2D eigenvalue weighted by molar-refractivity contribution is 6.53. The fourth-order valence-electron chi connectivity index (χ4n) is 3.52. The zero-order valence-electron chi connectivity index (χ0n) is 18.9. The first-order chi connectivity index (χ1) is 16.7. The average Bonchev–Trinajstić information content (AvgIpc) is 3.37. The summed E-state index contributed by atoms with van der Waals surface area (Å²) in [7, 11) is 0. The Kier molecular flexibility index (Phi) is 8.51. The second-order valence-electron chi connectivity index (χ2n) is 8.14. The van der Waals surface area contributed by atoms with E-state index in [1.807, 2.05) is 0 Å². The molecule has 2 atom stereocenters. The van der Waals surface area contributed by atoms with E-state index in [4.69, 9.17) is 46.4 Å². The summed E-state index contributed by atoms with van der Waals surface area (Å²) >= 11 is 24.4. The molecule has 1 aliphatic carbocycles. The molecular weight excluding hydrogens is 559 g/mol. The van der Waals surface area contributed by atoms with Gasteiger partial charge >= 0.3 is 0 Å². The van der Waals surface area contributed by atoms with E-state index >= 15 is 0 Å². The highest BCUT2D eigenvalue weighted by Gasteiger charge is 2.67. The molecule has 0 radical (unpaired) electrons. The summed E-state index contributed by atoms with van der Waals surface area (Å²) < 4.78 is 39.3. The molecule has 0 heterocycles. The van der Waals surface area contributed by atoms with Crippen molar-refractivity contribution in [1.82, 2.24) is 0 Å². The van der Waals surface area contributed by atoms with Crippen molar-refractivity contribution in [2.45, 2.75) is 18.2 Å². The predicted octanol–water partition coefficient (Wildman–Crippen LogP) is 8.09. The number of aryl methyl sites for hydroxylation is 1. The summed E-state index contributed by atoms with van der Waals surface area (Å²) in [5.74, 6) is -5.39. The van der Waals surface area contributed by atoms with Crippen LogP contribution in [-0.4, -0.2) is 16.1 Å². The van der Waals surface area contributed by atoms with Gasteiger partial charge in [-0.1, -0.05) is 35.9 Å². The van der Waals surface area contributed by atoms with E-state index in [0.29, 0.717) is 17.2 Å². The highest BCUT2D eigenvalue weighted by atomic mass is 35.5. The van der Waals surface area contributed by atoms with Gasteiger partial charge in [0.1, 0.15) is 21.8 Å². The van der Waals surface area contributed by atoms with Crippen molar-refractivity contribution < 1.29 is 22.8 Å². The Morgan fingerprint density at radius 1 is 1.08 bits per heavy atom. The molecule has 0 saturated heterocycles. The molecule has 11 heteroatoms. The summed E-state index contributed by atoms with van der Waals surface area (Å²) in [6.07, 6.45) is 2.43. The first kappa shape index (κ1) is 28.1. The van der Waals surface area contributed by atoms with Gasteiger partial charge in [0, 0.05) is 17.7 Å². The number of amides is 2. The van der Waals surface area contributed by atoms with Gasteiger partial charge in [0.05, 0.1) is 27.2 Å². The highest BCUT2D eigenvalue weighted by Crippen LogP contribution is 2.62. The van der Waals surface area contributed by atoms with Crippen molar-refractivity contribution in [2.75, 3.05) is 10.6 Å². The molecule has 2 aromatic carbocycles. The summed E-state index contributed by atoms with van der Waals surface area (Å²) in [5, 5.41) is 4.98. The number of halogens is 7. The number of anilines is 2. The van der Waals surface area contributed by atoms with Gasteiger partial charge in [0.25, 0.3) is 5.91 Å². The van der Waals surface area contributed by atoms with Gasteiger partial charge in [-0.3, -0.25) is 9.59 Å². The minimum atomic E-state index is -1.48. The van der Waals surface area contributed by atoms with Crippen LogP contribution in [0.1, 0.15) is 22.8 Å². The minimum Gasteiger partial charge on any atom is -0.326 e. The smallest absolute Gasteiger partial charge is 0.257 e. The molecule has 4 nitrogen and oxygen atoms in total. The molecule has 2 amide bonds. The first-order valence-electron chi connectivity index (χ1n) is 10.4. The number of hydrogen-bond donors (Lipinski definition) is 2. The third kappa shape index (κ3) is 6.09. The third-order valence-electron chi connectivity index (χ3n) is 5.45. The number of allylic oxidation sites excluding steroid dienone is 5. The molecule has 2 aromatic rings. The molecular formula is C25H19Cl4F3N2O2. The van der Waals surface area contributed by atoms with Crippen molar-refractivity contribution in [2.24, 2.45) is 11.8 Å². The maximum atomic E-state index is 14.0. The molecule has 2 unspecified atom stereocenters. The van der Waals surface area contributed by atoms with Crippen molar-refractivity contribution in [3.05, 3.63) is 93.3 Å². The molecule has 0 aliphatic heterocycles. The Morgan fingerprint density at radius 3 is 2.36 bits per heavy atom. The van der Waals surface area contributed by atoms with Crippen LogP contribution in [0.4, 0.5) is 24.5 Å². The normalized spacial score (nSPS) is 19.0. The number of rotatable bonds is 7. The van der Waals surface area contributed by atoms with Crippen molar-refractivity contribution >= 4 is 69.6 Å². The predicted molar refractivity (Wildman–Crippen MR) is 138 cm³/mol. The van der Waals surface area contributed by atoms with Crippen LogP contribution >= 0.6 is 46.4 Å². The van der Waals surface area contributed by atoms with Gasteiger partial charge in [0.2, 0.25) is 5.91 Å². The number of nitrogens with one attached hydrogen (secondary N) is 2. The first-order valence-corrected chi connectivity index (χ1v) is 11.9. The second kappa shape index (κ2) is 10.9. The maximum absolute atomic E-state index is 14.0. The molecule has 0 spiro atoms. The van der Waals surface area contributed by atoms with Gasteiger partial charge in [-0.15, -0.1) is 23.2 Å². The molecule has 1 aliphatic rings. The van der Waals surface area contributed by atoms with Crippen LogP contribution in [-0.2, 0) is 4.79 Å². The number of benzene rings is 2. The largest absolute Gasteiger partial charge is 0.326 e. The molecule has 2 N–H and O–H groups in total. The summed E-state index contributed by atoms with van der Waals surface area (Å²) in [6.45, 7) is 6.79. The van der Waals surface area contributed by atoms with Crippen molar-refractivity contribution in [1.29, 1.82) is 0 Å².